The molecule has 2 aliphatic heterocycles. The highest BCUT2D eigenvalue weighted by atomic mass is 16.3. The van der Waals surface area contributed by atoms with Crippen LogP contribution in [0.25, 0.3) is 0 Å². The van der Waals surface area contributed by atoms with E-state index >= 15 is 0 Å². The van der Waals surface area contributed by atoms with Gasteiger partial charge in [-0.1, -0.05) is 0 Å². The molecule has 2 aliphatic rings. The number of carbonyl (C=O) groups is 2. The van der Waals surface area contributed by atoms with Gasteiger partial charge in [0.05, 0.1) is 19.4 Å². The molecule has 3 heterocycles. The van der Waals surface area contributed by atoms with E-state index in [1.165, 1.54) is 0 Å². The molecule has 2 unspecified atom stereocenters. The number of nitrogens with one attached hydrogen (secondary N) is 3. The second kappa shape index (κ2) is 6.28. The van der Waals surface area contributed by atoms with Crippen LogP contribution in [0.15, 0.2) is 22.8 Å². The van der Waals surface area contributed by atoms with E-state index in [0.29, 0.717) is 17.6 Å². The van der Waals surface area contributed by atoms with Gasteiger partial charge in [-0.05, 0) is 37.1 Å². The van der Waals surface area contributed by atoms with Gasteiger partial charge in [0, 0.05) is 13.1 Å². The summed E-state index contributed by atoms with van der Waals surface area (Å²) >= 11 is 0. The van der Waals surface area contributed by atoms with Crippen LogP contribution < -0.4 is 16.0 Å². The molecule has 0 spiro atoms. The van der Waals surface area contributed by atoms with Crippen molar-refractivity contribution < 1.29 is 14.0 Å². The summed E-state index contributed by atoms with van der Waals surface area (Å²) in [7, 11) is 0. The lowest BCUT2D eigenvalue weighted by molar-refractivity contribution is -0.121. The first kappa shape index (κ1) is 14.1. The van der Waals surface area contributed by atoms with E-state index in [2.05, 4.69) is 20.9 Å². The third-order valence-corrected chi connectivity index (χ3v) is 4.09. The van der Waals surface area contributed by atoms with E-state index in [9.17, 15) is 9.59 Å². The summed E-state index contributed by atoms with van der Waals surface area (Å²) in [4.78, 5) is 25.6. The van der Waals surface area contributed by atoms with Crippen molar-refractivity contribution in [3.05, 3.63) is 24.2 Å². The van der Waals surface area contributed by atoms with Gasteiger partial charge in [0.1, 0.15) is 5.76 Å². The number of likely N-dealkylation sites (tertiary alicyclic amines) is 1. The molecule has 114 valence electrons. The van der Waals surface area contributed by atoms with Crippen LogP contribution in [0.4, 0.5) is 4.79 Å². The molecule has 3 rings (SSSR count). The standard InChI is InChI=1S/C14H20N4O3/c19-13(9-18-7-10-4-15-5-11(10)8-18)17-14(20)16-6-12-2-1-3-21-12/h1-3,10-11,15H,4-9H2,(H2,16,17,19,20). The van der Waals surface area contributed by atoms with Gasteiger partial charge in [0.2, 0.25) is 5.91 Å². The number of furan rings is 1. The van der Waals surface area contributed by atoms with Gasteiger partial charge in [0.15, 0.2) is 0 Å². The van der Waals surface area contributed by atoms with Crippen LogP contribution in [0.1, 0.15) is 5.76 Å². The van der Waals surface area contributed by atoms with Crippen molar-refractivity contribution in [2.75, 3.05) is 32.7 Å². The summed E-state index contributed by atoms with van der Waals surface area (Å²) in [6.45, 7) is 4.48. The van der Waals surface area contributed by atoms with Crippen LogP contribution in [0.2, 0.25) is 0 Å². The lowest BCUT2D eigenvalue weighted by Gasteiger charge is -2.16. The molecule has 3 amide bonds. The largest absolute Gasteiger partial charge is 0.467 e. The van der Waals surface area contributed by atoms with Crippen LogP contribution in [0.3, 0.4) is 0 Å². The number of imide groups is 1. The van der Waals surface area contributed by atoms with Gasteiger partial charge in [-0.25, -0.2) is 4.79 Å². The number of hydrogen-bond donors (Lipinski definition) is 3. The van der Waals surface area contributed by atoms with Gasteiger partial charge >= 0.3 is 6.03 Å². The van der Waals surface area contributed by atoms with E-state index in [1.54, 1.807) is 18.4 Å². The van der Waals surface area contributed by atoms with Crippen molar-refractivity contribution in [3.63, 3.8) is 0 Å². The molecular weight excluding hydrogens is 272 g/mol. The fraction of sp³-hybridized carbons (Fsp3) is 0.571. The summed E-state index contributed by atoms with van der Waals surface area (Å²) < 4.78 is 5.10. The maximum absolute atomic E-state index is 11.8. The maximum Gasteiger partial charge on any atom is 0.321 e. The lowest BCUT2D eigenvalue weighted by Crippen LogP contribution is -2.44. The van der Waals surface area contributed by atoms with Gasteiger partial charge in [-0.3, -0.25) is 15.0 Å². The Hall–Kier alpha value is -1.86. The SMILES string of the molecule is O=C(CN1CC2CNCC2C1)NC(=O)NCc1ccco1. The number of nitrogens with zero attached hydrogens (tertiary/aromatic N) is 1. The topological polar surface area (TPSA) is 86.6 Å². The Balaban J connectivity index is 1.37. The monoisotopic (exact) mass is 292 g/mol. The predicted molar refractivity (Wildman–Crippen MR) is 75.4 cm³/mol. The molecule has 1 aromatic rings. The van der Waals surface area contributed by atoms with Gasteiger partial charge < -0.3 is 15.1 Å². The summed E-state index contributed by atoms with van der Waals surface area (Å²) in [5, 5.41) is 8.29. The minimum atomic E-state index is -0.488. The molecular formula is C14H20N4O3. The number of fused-ring (bicyclic) bond motifs is 1. The molecule has 2 atom stereocenters. The molecule has 7 nitrogen and oxygen atoms in total. The van der Waals surface area contributed by atoms with Crippen LogP contribution in [-0.2, 0) is 11.3 Å². The number of urea groups is 1. The number of carbonyl (C=O) groups excluding carboxylic acids is 2. The first-order valence-electron chi connectivity index (χ1n) is 7.24. The molecule has 0 aromatic carbocycles. The first-order valence-corrected chi connectivity index (χ1v) is 7.24. The third kappa shape index (κ3) is 3.62. The zero-order valence-corrected chi connectivity index (χ0v) is 11.8. The van der Waals surface area contributed by atoms with Crippen molar-refractivity contribution in [3.8, 4) is 0 Å². The molecule has 1 aromatic heterocycles. The molecule has 0 bridgehead atoms. The fourth-order valence-electron chi connectivity index (χ4n) is 3.08. The Morgan fingerprint density at radius 3 is 2.76 bits per heavy atom. The molecule has 2 fully saturated rings. The Labute approximate surface area is 123 Å². The Bertz CT molecular complexity index is 490. The Kier molecular flexibility index (Phi) is 4.21. The second-order valence-electron chi connectivity index (χ2n) is 5.68. The summed E-state index contributed by atoms with van der Waals surface area (Å²) in [6.07, 6.45) is 1.54. The second-order valence-corrected chi connectivity index (χ2v) is 5.68. The smallest absolute Gasteiger partial charge is 0.321 e. The van der Waals surface area contributed by atoms with Crippen molar-refractivity contribution in [1.82, 2.24) is 20.9 Å². The van der Waals surface area contributed by atoms with Crippen molar-refractivity contribution in [1.29, 1.82) is 0 Å². The van der Waals surface area contributed by atoms with Crippen LogP contribution >= 0.6 is 0 Å². The normalized spacial score (nSPS) is 24.8. The van der Waals surface area contributed by atoms with E-state index in [-0.39, 0.29) is 19.0 Å². The van der Waals surface area contributed by atoms with E-state index in [1.807, 2.05) is 0 Å². The molecule has 0 aliphatic carbocycles. The number of amides is 3. The predicted octanol–water partition coefficient (Wildman–Crippen LogP) is -0.243. The molecule has 21 heavy (non-hydrogen) atoms. The Morgan fingerprint density at radius 2 is 2.10 bits per heavy atom. The van der Waals surface area contributed by atoms with Gasteiger partial charge in [0.25, 0.3) is 0 Å². The zero-order valence-electron chi connectivity index (χ0n) is 11.8. The highest BCUT2D eigenvalue weighted by Crippen LogP contribution is 2.25. The number of hydrogen-bond acceptors (Lipinski definition) is 5. The van der Waals surface area contributed by atoms with E-state index in [4.69, 9.17) is 4.42 Å². The van der Waals surface area contributed by atoms with E-state index < -0.39 is 6.03 Å². The minimum Gasteiger partial charge on any atom is -0.467 e. The van der Waals surface area contributed by atoms with Crippen LogP contribution in [0, 0.1) is 11.8 Å². The van der Waals surface area contributed by atoms with Crippen molar-refractivity contribution in [2.45, 2.75) is 6.54 Å². The quantitative estimate of drug-likeness (QED) is 0.713. The van der Waals surface area contributed by atoms with Crippen LogP contribution in [-0.4, -0.2) is 49.6 Å². The van der Waals surface area contributed by atoms with Crippen LogP contribution in [0.5, 0.6) is 0 Å². The highest BCUT2D eigenvalue weighted by molar-refractivity contribution is 5.95. The molecule has 7 heteroatoms. The maximum atomic E-state index is 11.8. The summed E-state index contributed by atoms with van der Waals surface area (Å²) in [5.74, 6) is 1.67. The lowest BCUT2D eigenvalue weighted by atomic mass is 10.0. The van der Waals surface area contributed by atoms with Gasteiger partial charge in [-0.2, -0.15) is 0 Å². The summed E-state index contributed by atoms with van der Waals surface area (Å²) in [5.41, 5.74) is 0. The average Bonchev–Trinajstić information content (AvgIpc) is 3.12. The fourth-order valence-corrected chi connectivity index (χ4v) is 3.08. The average molecular weight is 292 g/mol. The Morgan fingerprint density at radius 1 is 1.33 bits per heavy atom. The number of rotatable bonds is 4. The van der Waals surface area contributed by atoms with Crippen molar-refractivity contribution in [2.24, 2.45) is 11.8 Å². The molecule has 0 saturated carbocycles. The third-order valence-electron chi connectivity index (χ3n) is 4.09. The highest BCUT2D eigenvalue weighted by Gasteiger charge is 2.36. The zero-order chi connectivity index (χ0) is 14.7. The minimum absolute atomic E-state index is 0.264. The van der Waals surface area contributed by atoms with Gasteiger partial charge in [-0.15, -0.1) is 0 Å². The van der Waals surface area contributed by atoms with Crippen molar-refractivity contribution >= 4 is 11.9 Å². The molecule has 2 saturated heterocycles. The first-order chi connectivity index (χ1) is 10.2. The van der Waals surface area contributed by atoms with E-state index in [0.717, 1.165) is 26.2 Å². The molecule has 3 N–H and O–H groups in total. The summed E-state index contributed by atoms with van der Waals surface area (Å²) in [6, 6.07) is 3.02. The molecule has 0 radical (unpaired) electrons.